The lowest BCUT2D eigenvalue weighted by molar-refractivity contribution is 0.321. The smallest absolute Gasteiger partial charge is 0.130 e. The average Bonchev–Trinajstić information content (AvgIpc) is 2.50. The Morgan fingerprint density at radius 3 is 2.57 bits per heavy atom. The summed E-state index contributed by atoms with van der Waals surface area (Å²) in [6.45, 7) is 0. The molecule has 21 heavy (non-hydrogen) atoms. The van der Waals surface area contributed by atoms with E-state index in [0.717, 1.165) is 25.3 Å². The summed E-state index contributed by atoms with van der Waals surface area (Å²) in [6.07, 6.45) is 2.74. The van der Waals surface area contributed by atoms with E-state index in [1.165, 1.54) is 23.3 Å². The number of benzene rings is 2. The highest BCUT2D eigenvalue weighted by atomic mass is 19.1. The molecule has 2 aromatic rings. The minimum atomic E-state index is -0.569. The van der Waals surface area contributed by atoms with E-state index >= 15 is 0 Å². The van der Waals surface area contributed by atoms with Gasteiger partial charge in [0.1, 0.15) is 11.6 Å². The van der Waals surface area contributed by atoms with E-state index in [4.69, 9.17) is 5.84 Å². The van der Waals surface area contributed by atoms with Gasteiger partial charge in [-0.15, -0.1) is 0 Å². The van der Waals surface area contributed by atoms with Gasteiger partial charge in [-0.2, -0.15) is 0 Å². The van der Waals surface area contributed by atoms with Crippen molar-refractivity contribution < 1.29 is 8.78 Å². The van der Waals surface area contributed by atoms with Gasteiger partial charge in [0.15, 0.2) is 0 Å². The molecule has 0 aliphatic heterocycles. The van der Waals surface area contributed by atoms with E-state index in [0.29, 0.717) is 5.56 Å². The highest BCUT2D eigenvalue weighted by Crippen LogP contribution is 2.34. The molecule has 0 bridgehead atoms. The van der Waals surface area contributed by atoms with Gasteiger partial charge in [-0.3, -0.25) is 11.3 Å². The van der Waals surface area contributed by atoms with Crippen LogP contribution in [0.2, 0.25) is 0 Å². The van der Waals surface area contributed by atoms with Crippen LogP contribution in [-0.2, 0) is 12.8 Å². The Morgan fingerprint density at radius 1 is 1.10 bits per heavy atom. The van der Waals surface area contributed by atoms with Crippen LogP contribution in [0.1, 0.15) is 29.2 Å². The number of fused-ring (bicyclic) bond motifs is 1. The second-order valence-corrected chi connectivity index (χ2v) is 5.58. The van der Waals surface area contributed by atoms with Crippen LogP contribution in [0.3, 0.4) is 0 Å². The molecule has 3 rings (SSSR count). The van der Waals surface area contributed by atoms with E-state index in [2.05, 4.69) is 17.6 Å². The number of hydrazine groups is 1. The predicted molar refractivity (Wildman–Crippen MR) is 78.4 cm³/mol. The Labute approximate surface area is 122 Å². The molecule has 2 unspecified atom stereocenters. The number of halogens is 2. The second kappa shape index (κ2) is 5.92. The molecule has 2 atom stereocenters. The lowest BCUT2D eigenvalue weighted by atomic mass is 9.78. The summed E-state index contributed by atoms with van der Waals surface area (Å²) in [4.78, 5) is 0. The summed E-state index contributed by atoms with van der Waals surface area (Å²) in [6, 6.07) is 11.7. The monoisotopic (exact) mass is 288 g/mol. The Morgan fingerprint density at radius 2 is 1.86 bits per heavy atom. The molecule has 0 spiro atoms. The molecule has 110 valence electrons. The van der Waals surface area contributed by atoms with Crippen LogP contribution < -0.4 is 11.3 Å². The molecule has 0 aromatic heterocycles. The molecule has 0 heterocycles. The van der Waals surface area contributed by atoms with Gasteiger partial charge in [-0.1, -0.05) is 30.3 Å². The average molecular weight is 288 g/mol. The third-order valence-corrected chi connectivity index (χ3v) is 4.33. The van der Waals surface area contributed by atoms with E-state index in [-0.39, 0.29) is 12.0 Å². The molecule has 1 aliphatic carbocycles. The van der Waals surface area contributed by atoms with Gasteiger partial charge in [0, 0.05) is 11.6 Å². The molecule has 4 heteroatoms. The minimum Gasteiger partial charge on any atom is -0.271 e. The maximum absolute atomic E-state index is 14.0. The zero-order valence-electron chi connectivity index (χ0n) is 11.7. The normalized spacial score (nSPS) is 19.1. The fourth-order valence-electron chi connectivity index (χ4n) is 3.24. The lowest BCUT2D eigenvalue weighted by Crippen LogP contribution is -2.36. The zero-order valence-corrected chi connectivity index (χ0v) is 11.7. The van der Waals surface area contributed by atoms with Crippen molar-refractivity contribution in [2.24, 2.45) is 11.8 Å². The van der Waals surface area contributed by atoms with E-state index in [1.807, 2.05) is 12.1 Å². The first-order chi connectivity index (χ1) is 10.2. The molecular weight excluding hydrogens is 270 g/mol. The topological polar surface area (TPSA) is 38.0 Å². The van der Waals surface area contributed by atoms with Crippen LogP contribution in [0.5, 0.6) is 0 Å². The minimum absolute atomic E-state index is 0.199. The van der Waals surface area contributed by atoms with Crippen molar-refractivity contribution in [1.82, 2.24) is 5.43 Å². The maximum atomic E-state index is 14.0. The van der Waals surface area contributed by atoms with E-state index in [1.54, 1.807) is 0 Å². The quantitative estimate of drug-likeness (QED) is 0.672. The van der Waals surface area contributed by atoms with Gasteiger partial charge in [-0.25, -0.2) is 8.78 Å². The Hall–Kier alpha value is -1.78. The summed E-state index contributed by atoms with van der Waals surface area (Å²) in [5.41, 5.74) is 5.79. The Bertz CT molecular complexity index is 642. The van der Waals surface area contributed by atoms with E-state index in [9.17, 15) is 8.78 Å². The summed E-state index contributed by atoms with van der Waals surface area (Å²) >= 11 is 0. The number of aryl methyl sites for hydroxylation is 1. The number of hydrogen-bond donors (Lipinski definition) is 2. The van der Waals surface area contributed by atoms with Crippen molar-refractivity contribution in [3.63, 3.8) is 0 Å². The first kappa shape index (κ1) is 14.2. The maximum Gasteiger partial charge on any atom is 0.130 e. The molecule has 0 radical (unpaired) electrons. The fourth-order valence-corrected chi connectivity index (χ4v) is 3.24. The predicted octanol–water partition coefficient (Wildman–Crippen LogP) is 3.27. The summed E-state index contributed by atoms with van der Waals surface area (Å²) in [7, 11) is 0. The van der Waals surface area contributed by atoms with Crippen molar-refractivity contribution >= 4 is 0 Å². The largest absolute Gasteiger partial charge is 0.271 e. The summed E-state index contributed by atoms with van der Waals surface area (Å²) in [5, 5.41) is 0. The van der Waals surface area contributed by atoms with Gasteiger partial charge < -0.3 is 0 Å². The van der Waals surface area contributed by atoms with Crippen LogP contribution >= 0.6 is 0 Å². The van der Waals surface area contributed by atoms with Crippen LogP contribution in [0.15, 0.2) is 42.5 Å². The third-order valence-electron chi connectivity index (χ3n) is 4.33. The molecule has 2 nitrogen and oxygen atoms in total. The molecule has 0 amide bonds. The van der Waals surface area contributed by atoms with Gasteiger partial charge in [-0.05, 0) is 42.4 Å². The van der Waals surface area contributed by atoms with Gasteiger partial charge in [0.2, 0.25) is 0 Å². The zero-order chi connectivity index (χ0) is 14.8. The van der Waals surface area contributed by atoms with Crippen LogP contribution in [-0.4, -0.2) is 0 Å². The molecule has 3 N–H and O–H groups in total. The van der Waals surface area contributed by atoms with Crippen LogP contribution in [0.4, 0.5) is 8.78 Å². The van der Waals surface area contributed by atoms with Crippen LogP contribution in [0, 0.1) is 17.6 Å². The second-order valence-electron chi connectivity index (χ2n) is 5.58. The number of rotatable bonds is 3. The summed E-state index contributed by atoms with van der Waals surface area (Å²) in [5.74, 6) is 4.74. The third kappa shape index (κ3) is 2.82. The Balaban J connectivity index is 1.88. The first-order valence-corrected chi connectivity index (χ1v) is 7.17. The van der Waals surface area contributed by atoms with Crippen LogP contribution in [0.25, 0.3) is 0 Å². The molecule has 2 aromatic carbocycles. The van der Waals surface area contributed by atoms with Crippen molar-refractivity contribution in [3.8, 4) is 0 Å². The summed E-state index contributed by atoms with van der Waals surface area (Å²) < 4.78 is 27.1. The van der Waals surface area contributed by atoms with Gasteiger partial charge >= 0.3 is 0 Å². The number of nitrogens with two attached hydrogens (primary N) is 1. The molecular formula is C17H18F2N2. The van der Waals surface area contributed by atoms with Crippen molar-refractivity contribution in [2.45, 2.75) is 25.3 Å². The standard InChI is InChI=1S/C17H18F2N2/c18-14-7-8-15(16(19)10-14)17(21-20)13-6-5-11-3-1-2-4-12(11)9-13/h1-4,7-8,10,13,17,21H,5-6,9,20H2. The van der Waals surface area contributed by atoms with Crippen molar-refractivity contribution in [2.75, 3.05) is 0 Å². The van der Waals surface area contributed by atoms with E-state index < -0.39 is 11.6 Å². The lowest BCUT2D eigenvalue weighted by Gasteiger charge is -2.31. The SMILES string of the molecule is NNC(c1ccc(F)cc1F)C1CCc2ccccc2C1. The number of nitrogens with one attached hydrogen (secondary N) is 1. The van der Waals surface area contributed by atoms with Crippen molar-refractivity contribution in [3.05, 3.63) is 70.8 Å². The van der Waals surface area contributed by atoms with Gasteiger partial charge in [0.05, 0.1) is 6.04 Å². The highest BCUT2D eigenvalue weighted by molar-refractivity contribution is 5.31. The molecule has 0 saturated carbocycles. The van der Waals surface area contributed by atoms with Crippen molar-refractivity contribution in [1.29, 1.82) is 0 Å². The molecule has 0 saturated heterocycles. The van der Waals surface area contributed by atoms with Gasteiger partial charge in [0.25, 0.3) is 0 Å². The first-order valence-electron chi connectivity index (χ1n) is 7.17. The Kier molecular flexibility index (Phi) is 3.99. The highest BCUT2D eigenvalue weighted by Gasteiger charge is 2.28. The molecule has 1 aliphatic rings. The molecule has 0 fully saturated rings. The number of hydrogen-bond acceptors (Lipinski definition) is 2. The fraction of sp³-hybridized carbons (Fsp3) is 0.294.